The van der Waals surface area contributed by atoms with Crippen molar-refractivity contribution in [3.63, 3.8) is 0 Å². The first-order valence-electron chi connectivity index (χ1n) is 6.21. The second kappa shape index (κ2) is 5.58. The molecule has 1 saturated carbocycles. The SMILES string of the molecule is CCOc1cccnc1NC1(CCl)CCCC1. The van der Waals surface area contributed by atoms with Gasteiger partial charge in [0.25, 0.3) is 0 Å². The Balaban J connectivity index is 2.16. The van der Waals surface area contributed by atoms with Crippen LogP contribution >= 0.6 is 11.6 Å². The van der Waals surface area contributed by atoms with E-state index in [0.29, 0.717) is 12.5 Å². The summed E-state index contributed by atoms with van der Waals surface area (Å²) in [6.07, 6.45) is 6.46. The molecule has 1 aliphatic carbocycles. The zero-order valence-corrected chi connectivity index (χ0v) is 11.0. The number of hydrogen-bond acceptors (Lipinski definition) is 3. The number of pyridine rings is 1. The van der Waals surface area contributed by atoms with Crippen molar-refractivity contribution in [1.82, 2.24) is 4.98 Å². The summed E-state index contributed by atoms with van der Waals surface area (Å²) in [5.41, 5.74) is 0.00175. The second-order valence-electron chi connectivity index (χ2n) is 4.53. The average molecular weight is 255 g/mol. The largest absolute Gasteiger partial charge is 0.490 e. The Bertz CT molecular complexity index is 364. The van der Waals surface area contributed by atoms with E-state index in [1.807, 2.05) is 19.1 Å². The van der Waals surface area contributed by atoms with Crippen molar-refractivity contribution >= 4 is 17.4 Å². The van der Waals surface area contributed by atoms with Crippen LogP contribution in [0.15, 0.2) is 18.3 Å². The Morgan fingerprint density at radius 2 is 2.24 bits per heavy atom. The van der Waals surface area contributed by atoms with E-state index in [-0.39, 0.29) is 5.54 Å². The van der Waals surface area contributed by atoms with Crippen molar-refractivity contribution in [3.05, 3.63) is 18.3 Å². The molecule has 0 spiro atoms. The summed E-state index contributed by atoms with van der Waals surface area (Å²) in [6.45, 7) is 2.62. The Hall–Kier alpha value is -0.960. The molecule has 1 N–H and O–H groups in total. The van der Waals surface area contributed by atoms with Gasteiger partial charge in [-0.1, -0.05) is 12.8 Å². The Morgan fingerprint density at radius 3 is 2.88 bits per heavy atom. The first kappa shape index (κ1) is 12.5. The summed E-state index contributed by atoms with van der Waals surface area (Å²) < 4.78 is 5.57. The molecule has 2 rings (SSSR count). The predicted molar refractivity (Wildman–Crippen MR) is 70.9 cm³/mol. The number of nitrogens with zero attached hydrogens (tertiary/aromatic N) is 1. The van der Waals surface area contributed by atoms with Crippen LogP contribution in [0.1, 0.15) is 32.6 Å². The van der Waals surface area contributed by atoms with Gasteiger partial charge in [-0.25, -0.2) is 4.98 Å². The minimum absolute atomic E-state index is 0.00175. The lowest BCUT2D eigenvalue weighted by Crippen LogP contribution is -2.37. The Morgan fingerprint density at radius 1 is 1.47 bits per heavy atom. The first-order chi connectivity index (χ1) is 8.29. The van der Waals surface area contributed by atoms with E-state index in [9.17, 15) is 0 Å². The van der Waals surface area contributed by atoms with E-state index in [2.05, 4.69) is 10.3 Å². The molecule has 1 fully saturated rings. The third kappa shape index (κ3) is 2.83. The normalized spacial score (nSPS) is 18.0. The fourth-order valence-electron chi connectivity index (χ4n) is 2.35. The maximum Gasteiger partial charge on any atom is 0.169 e. The third-order valence-electron chi connectivity index (χ3n) is 3.27. The minimum Gasteiger partial charge on any atom is -0.490 e. The summed E-state index contributed by atoms with van der Waals surface area (Å²) in [7, 11) is 0. The summed E-state index contributed by atoms with van der Waals surface area (Å²) in [4.78, 5) is 4.36. The molecule has 1 heterocycles. The van der Waals surface area contributed by atoms with Crippen LogP contribution in [0, 0.1) is 0 Å². The number of alkyl halides is 1. The molecule has 4 heteroatoms. The highest BCUT2D eigenvalue weighted by Crippen LogP contribution is 2.35. The molecule has 0 unspecified atom stereocenters. The van der Waals surface area contributed by atoms with Gasteiger partial charge in [-0.05, 0) is 31.9 Å². The standard InChI is InChI=1S/C13H19ClN2O/c1-2-17-11-6-5-9-15-12(11)16-13(10-14)7-3-4-8-13/h5-6,9H,2-4,7-8,10H2,1H3,(H,15,16). The average Bonchev–Trinajstić information content (AvgIpc) is 2.81. The quantitative estimate of drug-likeness (QED) is 0.818. The lowest BCUT2D eigenvalue weighted by atomic mass is 10.0. The van der Waals surface area contributed by atoms with E-state index >= 15 is 0 Å². The highest BCUT2D eigenvalue weighted by atomic mass is 35.5. The van der Waals surface area contributed by atoms with Crippen LogP contribution in [0.3, 0.4) is 0 Å². The highest BCUT2D eigenvalue weighted by Gasteiger charge is 2.33. The molecule has 1 aliphatic rings. The number of anilines is 1. The van der Waals surface area contributed by atoms with Gasteiger partial charge in [0.2, 0.25) is 0 Å². The molecule has 0 amide bonds. The molecule has 0 radical (unpaired) electrons. The molecule has 0 aromatic carbocycles. The van der Waals surface area contributed by atoms with Gasteiger partial charge in [-0.2, -0.15) is 0 Å². The lowest BCUT2D eigenvalue weighted by molar-refractivity contribution is 0.339. The lowest BCUT2D eigenvalue weighted by Gasteiger charge is -2.29. The van der Waals surface area contributed by atoms with Crippen LogP contribution in [0.2, 0.25) is 0 Å². The molecule has 0 bridgehead atoms. The zero-order chi connectivity index (χ0) is 12.1. The minimum atomic E-state index is 0.00175. The van der Waals surface area contributed by atoms with Crippen molar-refractivity contribution in [2.45, 2.75) is 38.1 Å². The number of aromatic nitrogens is 1. The van der Waals surface area contributed by atoms with Crippen LogP contribution < -0.4 is 10.1 Å². The maximum atomic E-state index is 6.11. The second-order valence-corrected chi connectivity index (χ2v) is 4.80. The van der Waals surface area contributed by atoms with E-state index in [1.165, 1.54) is 12.8 Å². The number of halogens is 1. The van der Waals surface area contributed by atoms with Crippen molar-refractivity contribution in [3.8, 4) is 5.75 Å². The van der Waals surface area contributed by atoms with Gasteiger partial charge in [0.1, 0.15) is 0 Å². The summed E-state index contributed by atoms with van der Waals surface area (Å²) in [6, 6.07) is 3.83. The van der Waals surface area contributed by atoms with Crippen LogP contribution in [-0.4, -0.2) is 23.0 Å². The fourth-order valence-corrected chi connectivity index (χ4v) is 2.69. The van der Waals surface area contributed by atoms with Gasteiger partial charge < -0.3 is 10.1 Å². The molecule has 17 heavy (non-hydrogen) atoms. The first-order valence-corrected chi connectivity index (χ1v) is 6.75. The van der Waals surface area contributed by atoms with Crippen LogP contribution in [0.25, 0.3) is 0 Å². The van der Waals surface area contributed by atoms with Gasteiger partial charge in [-0.3, -0.25) is 0 Å². The molecule has 1 aromatic rings. The summed E-state index contributed by atoms with van der Waals surface area (Å²) in [5, 5.41) is 3.49. The Labute approximate surface area is 108 Å². The molecular formula is C13H19ClN2O. The van der Waals surface area contributed by atoms with Crippen molar-refractivity contribution in [1.29, 1.82) is 0 Å². The molecule has 3 nitrogen and oxygen atoms in total. The van der Waals surface area contributed by atoms with Crippen LogP contribution in [0.5, 0.6) is 5.75 Å². The van der Waals surface area contributed by atoms with Gasteiger partial charge >= 0.3 is 0 Å². The summed E-state index contributed by atoms with van der Waals surface area (Å²) >= 11 is 6.11. The van der Waals surface area contributed by atoms with Crippen molar-refractivity contribution < 1.29 is 4.74 Å². The third-order valence-corrected chi connectivity index (χ3v) is 3.78. The topological polar surface area (TPSA) is 34.1 Å². The van der Waals surface area contributed by atoms with E-state index in [0.717, 1.165) is 24.4 Å². The smallest absolute Gasteiger partial charge is 0.169 e. The number of rotatable bonds is 5. The molecule has 0 atom stereocenters. The molecule has 94 valence electrons. The molecule has 1 aromatic heterocycles. The van der Waals surface area contributed by atoms with Gasteiger partial charge in [0, 0.05) is 12.1 Å². The molecule has 0 saturated heterocycles. The number of nitrogens with one attached hydrogen (secondary N) is 1. The van der Waals surface area contributed by atoms with E-state index < -0.39 is 0 Å². The predicted octanol–water partition coefficient (Wildman–Crippen LogP) is 3.44. The van der Waals surface area contributed by atoms with Crippen molar-refractivity contribution in [2.24, 2.45) is 0 Å². The van der Waals surface area contributed by atoms with E-state index in [4.69, 9.17) is 16.3 Å². The van der Waals surface area contributed by atoms with Gasteiger partial charge in [-0.15, -0.1) is 11.6 Å². The highest BCUT2D eigenvalue weighted by molar-refractivity contribution is 6.18. The molecule has 0 aliphatic heterocycles. The van der Waals surface area contributed by atoms with Crippen LogP contribution in [0.4, 0.5) is 5.82 Å². The summed E-state index contributed by atoms with van der Waals surface area (Å²) in [5.74, 6) is 2.25. The van der Waals surface area contributed by atoms with Gasteiger partial charge in [0.05, 0.1) is 12.1 Å². The number of hydrogen-bond donors (Lipinski definition) is 1. The van der Waals surface area contributed by atoms with Gasteiger partial charge in [0.15, 0.2) is 11.6 Å². The maximum absolute atomic E-state index is 6.11. The van der Waals surface area contributed by atoms with Crippen molar-refractivity contribution in [2.75, 3.05) is 17.8 Å². The van der Waals surface area contributed by atoms with E-state index in [1.54, 1.807) is 6.20 Å². The Kier molecular flexibility index (Phi) is 4.11. The monoisotopic (exact) mass is 254 g/mol. The van der Waals surface area contributed by atoms with Crippen LogP contribution in [-0.2, 0) is 0 Å². The number of ether oxygens (including phenoxy) is 1. The molecular weight excluding hydrogens is 236 g/mol. The fraction of sp³-hybridized carbons (Fsp3) is 0.615. The zero-order valence-electron chi connectivity index (χ0n) is 10.2.